The molecule has 0 heterocycles. The van der Waals surface area contributed by atoms with Gasteiger partial charge in [0.15, 0.2) is 0 Å². The van der Waals surface area contributed by atoms with Gasteiger partial charge in [0, 0.05) is 5.56 Å². The van der Waals surface area contributed by atoms with Crippen LogP contribution >= 0.6 is 0 Å². The summed E-state index contributed by atoms with van der Waals surface area (Å²) in [5, 5.41) is 22.2. The fourth-order valence-electron chi connectivity index (χ4n) is 1.32. The summed E-state index contributed by atoms with van der Waals surface area (Å²) in [6.45, 7) is 4.15. The molecule has 3 heteroatoms. The number of aliphatic hydroxyl groups is 1. The zero-order valence-electron chi connectivity index (χ0n) is 7.91. The molecule has 0 aliphatic rings. The number of hydrogen-bond acceptors (Lipinski definition) is 3. The second-order valence-electron chi connectivity index (χ2n) is 3.12. The molecule has 0 radical (unpaired) electrons. The molecule has 3 nitrogen and oxygen atoms in total. The lowest BCUT2D eigenvalue weighted by atomic mass is 10.0. The van der Waals surface area contributed by atoms with E-state index >= 15 is 0 Å². The van der Waals surface area contributed by atoms with Gasteiger partial charge in [-0.05, 0) is 19.5 Å². The Kier molecular flexibility index (Phi) is 2.90. The standard InChI is InChI=1S/C10H15NO2/c1-3-11-10(2,13)8-6-4-5-7-9(8)12/h4-7,11-13H,3H2,1-2H3. The molecule has 1 aromatic carbocycles. The van der Waals surface area contributed by atoms with Crippen molar-refractivity contribution in [1.82, 2.24) is 5.32 Å². The summed E-state index contributed by atoms with van der Waals surface area (Å²) in [6.07, 6.45) is 0. The molecule has 1 rings (SSSR count). The first-order valence-electron chi connectivity index (χ1n) is 4.34. The van der Waals surface area contributed by atoms with Crippen LogP contribution in [0.2, 0.25) is 0 Å². The maximum atomic E-state index is 9.90. The molecule has 1 aromatic rings. The van der Waals surface area contributed by atoms with Gasteiger partial charge < -0.3 is 10.2 Å². The van der Waals surface area contributed by atoms with Crippen molar-refractivity contribution in [3.05, 3.63) is 29.8 Å². The predicted molar refractivity (Wildman–Crippen MR) is 51.4 cm³/mol. The van der Waals surface area contributed by atoms with Crippen molar-refractivity contribution in [1.29, 1.82) is 0 Å². The van der Waals surface area contributed by atoms with E-state index in [0.29, 0.717) is 12.1 Å². The average molecular weight is 181 g/mol. The molecule has 0 bridgehead atoms. The largest absolute Gasteiger partial charge is 0.508 e. The Morgan fingerprint density at radius 3 is 2.54 bits per heavy atom. The van der Waals surface area contributed by atoms with Gasteiger partial charge in [0.2, 0.25) is 0 Å². The first-order chi connectivity index (χ1) is 6.08. The van der Waals surface area contributed by atoms with Gasteiger partial charge in [0.1, 0.15) is 11.5 Å². The highest BCUT2D eigenvalue weighted by atomic mass is 16.3. The van der Waals surface area contributed by atoms with E-state index in [0.717, 1.165) is 0 Å². The van der Waals surface area contributed by atoms with Crippen LogP contribution in [0.1, 0.15) is 19.4 Å². The number of rotatable bonds is 3. The van der Waals surface area contributed by atoms with Crippen LogP contribution in [-0.2, 0) is 5.72 Å². The Morgan fingerprint density at radius 2 is 2.00 bits per heavy atom. The van der Waals surface area contributed by atoms with E-state index < -0.39 is 5.72 Å². The number of nitrogens with one attached hydrogen (secondary N) is 1. The molecule has 0 aromatic heterocycles. The fraction of sp³-hybridized carbons (Fsp3) is 0.400. The second kappa shape index (κ2) is 3.77. The van der Waals surface area contributed by atoms with Crippen LogP contribution in [0.5, 0.6) is 5.75 Å². The quantitative estimate of drug-likeness (QED) is 0.613. The summed E-state index contributed by atoms with van der Waals surface area (Å²) in [5.74, 6) is 0.105. The lowest BCUT2D eigenvalue weighted by Gasteiger charge is -2.25. The first-order valence-corrected chi connectivity index (χ1v) is 4.34. The normalized spacial score (nSPS) is 15.3. The maximum Gasteiger partial charge on any atom is 0.142 e. The van der Waals surface area contributed by atoms with Gasteiger partial charge in [-0.25, -0.2) is 0 Å². The SMILES string of the molecule is CCNC(C)(O)c1ccccc1O. The lowest BCUT2D eigenvalue weighted by molar-refractivity contribution is 0.0197. The Hall–Kier alpha value is -1.06. The lowest BCUT2D eigenvalue weighted by Crippen LogP contribution is -2.39. The predicted octanol–water partition coefficient (Wildman–Crippen LogP) is 1.17. The molecule has 13 heavy (non-hydrogen) atoms. The summed E-state index contributed by atoms with van der Waals surface area (Å²) in [5.41, 5.74) is -0.669. The number of benzene rings is 1. The van der Waals surface area contributed by atoms with Crippen molar-refractivity contribution in [2.45, 2.75) is 19.6 Å². The van der Waals surface area contributed by atoms with E-state index in [1.165, 1.54) is 0 Å². The van der Waals surface area contributed by atoms with Crippen molar-refractivity contribution < 1.29 is 10.2 Å². The summed E-state index contributed by atoms with van der Waals surface area (Å²) in [7, 11) is 0. The van der Waals surface area contributed by atoms with E-state index in [9.17, 15) is 10.2 Å². The van der Waals surface area contributed by atoms with Crippen molar-refractivity contribution in [3.63, 3.8) is 0 Å². The van der Waals surface area contributed by atoms with Crippen LogP contribution in [0, 0.1) is 0 Å². The van der Waals surface area contributed by atoms with Crippen molar-refractivity contribution in [2.75, 3.05) is 6.54 Å². The minimum absolute atomic E-state index is 0.105. The van der Waals surface area contributed by atoms with Gasteiger partial charge in [-0.1, -0.05) is 25.1 Å². The van der Waals surface area contributed by atoms with E-state index in [1.54, 1.807) is 31.2 Å². The monoisotopic (exact) mass is 181 g/mol. The molecular formula is C10H15NO2. The highest BCUT2D eigenvalue weighted by molar-refractivity contribution is 5.35. The fourth-order valence-corrected chi connectivity index (χ4v) is 1.32. The van der Waals surface area contributed by atoms with E-state index in [-0.39, 0.29) is 5.75 Å². The zero-order valence-corrected chi connectivity index (χ0v) is 7.91. The molecule has 72 valence electrons. The van der Waals surface area contributed by atoms with Gasteiger partial charge in [-0.3, -0.25) is 5.32 Å². The van der Waals surface area contributed by atoms with Crippen molar-refractivity contribution >= 4 is 0 Å². The van der Waals surface area contributed by atoms with Crippen LogP contribution in [0.4, 0.5) is 0 Å². The molecule has 0 saturated carbocycles. The molecule has 0 spiro atoms. The Balaban J connectivity index is 2.99. The van der Waals surface area contributed by atoms with E-state index in [4.69, 9.17) is 0 Å². The van der Waals surface area contributed by atoms with Gasteiger partial charge >= 0.3 is 0 Å². The zero-order chi connectivity index (χ0) is 9.90. The smallest absolute Gasteiger partial charge is 0.142 e. The Bertz CT molecular complexity index is 284. The highest BCUT2D eigenvalue weighted by Gasteiger charge is 2.23. The number of para-hydroxylation sites is 1. The molecule has 3 N–H and O–H groups in total. The number of phenols is 1. The topological polar surface area (TPSA) is 52.5 Å². The van der Waals surface area contributed by atoms with Crippen molar-refractivity contribution in [3.8, 4) is 5.75 Å². The molecule has 0 amide bonds. The maximum absolute atomic E-state index is 9.90. The number of aromatic hydroxyl groups is 1. The van der Waals surface area contributed by atoms with Crippen LogP contribution in [0.3, 0.4) is 0 Å². The Labute approximate surface area is 78.0 Å². The summed E-state index contributed by atoms with van der Waals surface area (Å²) >= 11 is 0. The van der Waals surface area contributed by atoms with Gasteiger partial charge in [0.05, 0.1) is 0 Å². The first kappa shape index (κ1) is 10.0. The highest BCUT2D eigenvalue weighted by Crippen LogP contribution is 2.26. The van der Waals surface area contributed by atoms with Crippen LogP contribution < -0.4 is 5.32 Å². The minimum Gasteiger partial charge on any atom is -0.508 e. The summed E-state index contributed by atoms with van der Waals surface area (Å²) in [6, 6.07) is 6.75. The minimum atomic E-state index is -1.17. The molecule has 0 saturated heterocycles. The number of phenolic OH excluding ortho intramolecular Hbond substituents is 1. The number of hydrogen-bond donors (Lipinski definition) is 3. The van der Waals surface area contributed by atoms with Crippen LogP contribution in [0.25, 0.3) is 0 Å². The Morgan fingerprint density at radius 1 is 1.38 bits per heavy atom. The van der Waals surface area contributed by atoms with Crippen molar-refractivity contribution in [2.24, 2.45) is 0 Å². The molecule has 0 aliphatic heterocycles. The van der Waals surface area contributed by atoms with Crippen LogP contribution in [0.15, 0.2) is 24.3 Å². The van der Waals surface area contributed by atoms with Gasteiger partial charge in [-0.15, -0.1) is 0 Å². The van der Waals surface area contributed by atoms with Crippen LogP contribution in [-0.4, -0.2) is 16.8 Å². The second-order valence-corrected chi connectivity index (χ2v) is 3.12. The van der Waals surface area contributed by atoms with E-state index in [2.05, 4.69) is 5.32 Å². The molecular weight excluding hydrogens is 166 g/mol. The molecule has 1 atom stereocenters. The molecule has 1 unspecified atom stereocenters. The molecule has 0 aliphatic carbocycles. The summed E-state index contributed by atoms with van der Waals surface area (Å²) in [4.78, 5) is 0. The third-order valence-corrected chi connectivity index (χ3v) is 1.95. The van der Waals surface area contributed by atoms with E-state index in [1.807, 2.05) is 6.92 Å². The van der Waals surface area contributed by atoms with Gasteiger partial charge in [-0.2, -0.15) is 0 Å². The third-order valence-electron chi connectivity index (χ3n) is 1.95. The van der Waals surface area contributed by atoms with Gasteiger partial charge in [0.25, 0.3) is 0 Å². The summed E-state index contributed by atoms with van der Waals surface area (Å²) < 4.78 is 0. The molecule has 0 fully saturated rings. The third kappa shape index (κ3) is 2.20. The average Bonchev–Trinajstić information content (AvgIpc) is 2.04.